The van der Waals surface area contributed by atoms with Gasteiger partial charge in [-0.25, -0.2) is 5.48 Å². The van der Waals surface area contributed by atoms with Gasteiger partial charge in [0, 0.05) is 34.5 Å². The minimum atomic E-state index is -1.29. The van der Waals surface area contributed by atoms with E-state index in [2.05, 4.69) is 55.1 Å². The number of nitrogens with zero attached hydrogens (tertiary/aromatic N) is 1. The van der Waals surface area contributed by atoms with Crippen LogP contribution in [0, 0.1) is 11.8 Å². The minimum absolute atomic E-state index is 0. The Hall–Kier alpha value is -3.71. The molecular weight excluding hydrogens is 472 g/mol. The summed E-state index contributed by atoms with van der Waals surface area (Å²) in [6.07, 6.45) is -1.19. The second-order valence-electron chi connectivity index (χ2n) is 8.98. The van der Waals surface area contributed by atoms with Gasteiger partial charge in [-0.1, -0.05) is 19.3 Å². The Bertz CT molecular complexity index is 1090. The summed E-state index contributed by atoms with van der Waals surface area (Å²) in [6.45, 7) is 9.90. The number of nitrogens with one attached hydrogen (secondary N) is 3. The number of rotatable bonds is 9. The van der Waals surface area contributed by atoms with E-state index >= 15 is 0 Å². The number of carbonyl (C=O) groups excluding carboxylic acids is 3. The summed E-state index contributed by atoms with van der Waals surface area (Å²) >= 11 is 0. The zero-order valence-corrected chi connectivity index (χ0v) is 21.2. The molecule has 2 atom stereocenters. The standard InChI is InChI=1S/C27H34N4O5.CH4/c1-17(2)31(18(3)4)16-24(33)28-23-14-10-21(11-15-23)7-6-20-8-12-22(13-9-20)26(34)29-25(19(5)32)27(35)30-36;/h8-15,17-19,25,32,36H,16H2,1-5H3,(H,28,33)(H,29,34)(H,30,35);1H4/t19-,25+;/m1./s1. The minimum Gasteiger partial charge on any atom is -0.391 e. The van der Waals surface area contributed by atoms with Gasteiger partial charge in [-0.3, -0.25) is 24.5 Å². The van der Waals surface area contributed by atoms with E-state index in [1.54, 1.807) is 36.4 Å². The fourth-order valence-electron chi connectivity index (χ4n) is 3.51. The molecular formula is C28H38N4O5. The molecule has 0 radical (unpaired) electrons. The SMILES string of the molecule is C.CC(C)N(CC(=O)Nc1ccc(C#Cc2ccc(C(=O)N[C@H](C(=O)NO)[C@@H](C)O)cc2)cc1)C(C)C. The summed E-state index contributed by atoms with van der Waals surface area (Å²) in [5, 5.41) is 23.7. The Balaban J connectivity index is 0.00000684. The van der Waals surface area contributed by atoms with Gasteiger partial charge in [0.05, 0.1) is 12.6 Å². The summed E-state index contributed by atoms with van der Waals surface area (Å²) < 4.78 is 0. The molecule has 0 fully saturated rings. The van der Waals surface area contributed by atoms with E-state index in [0.717, 1.165) is 5.56 Å². The molecule has 0 aliphatic carbocycles. The summed E-state index contributed by atoms with van der Waals surface area (Å²) in [5.74, 6) is 4.48. The lowest BCUT2D eigenvalue weighted by Crippen LogP contribution is -2.51. The van der Waals surface area contributed by atoms with Crippen molar-refractivity contribution in [2.24, 2.45) is 0 Å². The Morgan fingerprint density at radius 2 is 1.35 bits per heavy atom. The number of aliphatic hydroxyl groups is 1. The number of anilines is 1. The van der Waals surface area contributed by atoms with Crippen LogP contribution in [0.3, 0.4) is 0 Å². The third-order valence-electron chi connectivity index (χ3n) is 5.48. The van der Waals surface area contributed by atoms with Gasteiger partial charge in [-0.05, 0) is 83.1 Å². The monoisotopic (exact) mass is 510 g/mol. The van der Waals surface area contributed by atoms with Crippen molar-refractivity contribution in [1.82, 2.24) is 15.7 Å². The highest BCUT2D eigenvalue weighted by atomic mass is 16.5. The van der Waals surface area contributed by atoms with Crippen LogP contribution in [0.1, 0.15) is 63.5 Å². The largest absolute Gasteiger partial charge is 0.391 e. The molecule has 0 saturated carbocycles. The molecule has 0 aromatic heterocycles. The molecule has 0 aliphatic rings. The fraction of sp³-hybridized carbons (Fsp3) is 0.393. The lowest BCUT2D eigenvalue weighted by molar-refractivity contribution is -0.133. The molecule has 9 nitrogen and oxygen atoms in total. The molecule has 0 saturated heterocycles. The van der Waals surface area contributed by atoms with E-state index in [-0.39, 0.29) is 31.0 Å². The van der Waals surface area contributed by atoms with Crippen LogP contribution in [0.25, 0.3) is 0 Å². The number of hydrogen-bond donors (Lipinski definition) is 5. The van der Waals surface area contributed by atoms with Crippen LogP contribution < -0.4 is 16.1 Å². The van der Waals surface area contributed by atoms with Gasteiger partial charge in [0.1, 0.15) is 6.04 Å². The second kappa shape index (κ2) is 14.8. The first-order valence-corrected chi connectivity index (χ1v) is 11.7. The highest BCUT2D eigenvalue weighted by molar-refractivity contribution is 5.97. The number of amides is 3. The smallest absolute Gasteiger partial charge is 0.268 e. The zero-order valence-electron chi connectivity index (χ0n) is 21.2. The number of carbonyl (C=O) groups is 3. The van der Waals surface area contributed by atoms with Gasteiger partial charge in [0.15, 0.2) is 0 Å². The van der Waals surface area contributed by atoms with Gasteiger partial charge >= 0.3 is 0 Å². The number of hydrogen-bond acceptors (Lipinski definition) is 6. The van der Waals surface area contributed by atoms with E-state index in [1.807, 2.05) is 12.1 Å². The van der Waals surface area contributed by atoms with Gasteiger partial charge in [0.25, 0.3) is 11.8 Å². The predicted octanol–water partition coefficient (Wildman–Crippen LogP) is 2.76. The molecule has 200 valence electrons. The molecule has 0 bridgehead atoms. The first-order chi connectivity index (χ1) is 17.0. The van der Waals surface area contributed by atoms with E-state index in [1.165, 1.54) is 12.4 Å². The van der Waals surface area contributed by atoms with Crippen LogP contribution in [0.2, 0.25) is 0 Å². The van der Waals surface area contributed by atoms with E-state index < -0.39 is 24.0 Å². The van der Waals surface area contributed by atoms with E-state index in [4.69, 9.17) is 5.21 Å². The van der Waals surface area contributed by atoms with Crippen LogP contribution >= 0.6 is 0 Å². The second-order valence-corrected chi connectivity index (χ2v) is 8.98. The van der Waals surface area contributed by atoms with Crippen molar-refractivity contribution in [2.75, 3.05) is 11.9 Å². The maximum Gasteiger partial charge on any atom is 0.268 e. The van der Waals surface area contributed by atoms with Gasteiger partial charge < -0.3 is 15.7 Å². The Kier molecular flexibility index (Phi) is 12.5. The first-order valence-electron chi connectivity index (χ1n) is 11.7. The fourth-order valence-corrected chi connectivity index (χ4v) is 3.51. The maximum absolute atomic E-state index is 12.4. The molecule has 37 heavy (non-hydrogen) atoms. The van der Waals surface area contributed by atoms with Crippen molar-refractivity contribution in [2.45, 2.75) is 66.3 Å². The average Bonchev–Trinajstić information content (AvgIpc) is 2.84. The normalized spacial score (nSPS) is 12.2. The molecule has 2 aromatic carbocycles. The summed E-state index contributed by atoms with van der Waals surface area (Å²) in [5.41, 5.74) is 3.81. The Morgan fingerprint density at radius 1 is 0.865 bits per heavy atom. The van der Waals surface area contributed by atoms with Crippen LogP contribution in [-0.2, 0) is 9.59 Å². The maximum atomic E-state index is 12.4. The molecule has 2 rings (SSSR count). The average molecular weight is 511 g/mol. The summed E-state index contributed by atoms with van der Waals surface area (Å²) in [6, 6.07) is 12.9. The Labute approximate surface area is 219 Å². The molecule has 9 heteroatoms. The van der Waals surface area contributed by atoms with Crippen LogP contribution in [0.4, 0.5) is 5.69 Å². The molecule has 2 aromatic rings. The highest BCUT2D eigenvalue weighted by Gasteiger charge is 2.25. The Morgan fingerprint density at radius 3 is 1.78 bits per heavy atom. The first kappa shape index (κ1) is 31.3. The van der Waals surface area contributed by atoms with E-state index in [0.29, 0.717) is 17.8 Å². The van der Waals surface area contributed by atoms with Crippen molar-refractivity contribution in [3.8, 4) is 11.8 Å². The van der Waals surface area contributed by atoms with Crippen molar-refractivity contribution < 1.29 is 24.7 Å². The lowest BCUT2D eigenvalue weighted by Gasteiger charge is -2.29. The molecule has 3 amide bonds. The molecule has 0 heterocycles. The summed E-state index contributed by atoms with van der Waals surface area (Å²) in [7, 11) is 0. The van der Waals surface area contributed by atoms with Crippen LogP contribution in [0.5, 0.6) is 0 Å². The van der Waals surface area contributed by atoms with Crippen molar-refractivity contribution in [3.05, 3.63) is 65.2 Å². The third-order valence-corrected chi connectivity index (χ3v) is 5.48. The van der Waals surface area contributed by atoms with Crippen molar-refractivity contribution in [3.63, 3.8) is 0 Å². The van der Waals surface area contributed by atoms with Crippen LogP contribution in [-0.4, -0.2) is 63.7 Å². The van der Waals surface area contributed by atoms with Crippen LogP contribution in [0.15, 0.2) is 48.5 Å². The molecule has 0 spiro atoms. The van der Waals surface area contributed by atoms with E-state index in [9.17, 15) is 19.5 Å². The highest BCUT2D eigenvalue weighted by Crippen LogP contribution is 2.11. The predicted molar refractivity (Wildman–Crippen MR) is 144 cm³/mol. The topological polar surface area (TPSA) is 131 Å². The molecule has 0 aliphatic heterocycles. The third kappa shape index (κ3) is 9.69. The number of benzene rings is 2. The van der Waals surface area contributed by atoms with Crippen molar-refractivity contribution >= 4 is 23.4 Å². The number of hydroxylamine groups is 1. The van der Waals surface area contributed by atoms with Gasteiger partial charge in [-0.15, -0.1) is 0 Å². The number of aliphatic hydroxyl groups excluding tert-OH is 1. The van der Waals surface area contributed by atoms with Gasteiger partial charge in [-0.2, -0.15) is 0 Å². The molecule has 0 unspecified atom stereocenters. The quantitative estimate of drug-likeness (QED) is 0.200. The zero-order chi connectivity index (χ0) is 26.8. The summed E-state index contributed by atoms with van der Waals surface area (Å²) in [4.78, 5) is 38.4. The molecule has 5 N–H and O–H groups in total. The van der Waals surface area contributed by atoms with Gasteiger partial charge in [0.2, 0.25) is 5.91 Å². The van der Waals surface area contributed by atoms with Crippen molar-refractivity contribution in [1.29, 1.82) is 0 Å². The lowest BCUT2D eigenvalue weighted by atomic mass is 10.1.